The predicted molar refractivity (Wildman–Crippen MR) is 122 cm³/mol. The second kappa shape index (κ2) is 9.37. The molecule has 8 heteroatoms. The number of dihydropyridines is 1. The molecule has 1 amide bonds. The van der Waals surface area contributed by atoms with Crippen molar-refractivity contribution in [2.75, 3.05) is 11.9 Å². The summed E-state index contributed by atoms with van der Waals surface area (Å²) in [6.07, 6.45) is -2.73. The fraction of sp³-hybridized carbons (Fsp3) is 0.308. The van der Waals surface area contributed by atoms with Crippen LogP contribution in [0.1, 0.15) is 50.2 Å². The Morgan fingerprint density at radius 1 is 1.15 bits per heavy atom. The summed E-state index contributed by atoms with van der Waals surface area (Å²) in [5.41, 5.74) is 2.11. The molecule has 2 aromatic rings. The number of carbonyl (C=O) groups excluding carboxylic acids is 2. The van der Waals surface area contributed by atoms with Crippen LogP contribution >= 0.6 is 0 Å². The van der Waals surface area contributed by atoms with Gasteiger partial charge in [0.05, 0.1) is 12.2 Å². The summed E-state index contributed by atoms with van der Waals surface area (Å²) in [6, 6.07) is 11.7. The van der Waals surface area contributed by atoms with Crippen LogP contribution in [0.2, 0.25) is 0 Å². The SMILES string of the molecule is CCOc1ccc(C2C(C(=O)Nc3cccc(C(F)(F)F)c3)=C(C)NC3=C2C(=O)CCC3)cc1. The Balaban J connectivity index is 1.73. The summed E-state index contributed by atoms with van der Waals surface area (Å²) in [5.74, 6) is -0.566. The minimum atomic E-state index is -4.53. The zero-order valence-electron chi connectivity index (χ0n) is 18.9. The molecule has 0 spiro atoms. The molecule has 0 fully saturated rings. The molecular formula is C26H25F3N2O3. The standard InChI is InChI=1S/C26H25F3N2O3/c1-3-34-19-12-10-16(11-13-19)23-22(15(2)30-20-8-5-9-21(32)24(20)23)25(33)31-18-7-4-6-17(14-18)26(27,28)29/h4,6-7,10-14,23,30H,3,5,8-9H2,1-2H3,(H,31,33). The number of carbonyl (C=O) groups is 2. The highest BCUT2D eigenvalue weighted by molar-refractivity contribution is 6.09. The van der Waals surface area contributed by atoms with E-state index >= 15 is 0 Å². The Bertz CT molecular complexity index is 1180. The number of halogens is 3. The lowest BCUT2D eigenvalue weighted by Crippen LogP contribution is -2.35. The fourth-order valence-corrected chi connectivity index (χ4v) is 4.51. The quantitative estimate of drug-likeness (QED) is 0.587. The van der Waals surface area contributed by atoms with E-state index in [0.29, 0.717) is 42.0 Å². The number of nitrogens with one attached hydrogen (secondary N) is 2. The van der Waals surface area contributed by atoms with Gasteiger partial charge in [0, 0.05) is 40.6 Å². The summed E-state index contributed by atoms with van der Waals surface area (Å²) < 4.78 is 44.9. The molecule has 178 valence electrons. The number of anilines is 1. The van der Waals surface area contributed by atoms with Gasteiger partial charge < -0.3 is 15.4 Å². The summed E-state index contributed by atoms with van der Waals surface area (Å²) in [5, 5.41) is 5.81. The van der Waals surface area contributed by atoms with Crippen LogP contribution in [0.15, 0.2) is 71.1 Å². The zero-order chi connectivity index (χ0) is 24.5. The molecule has 1 aliphatic heterocycles. The predicted octanol–water partition coefficient (Wildman–Crippen LogP) is 5.71. The lowest BCUT2D eigenvalue weighted by atomic mass is 9.75. The molecule has 4 rings (SSSR count). The van der Waals surface area contributed by atoms with Crippen molar-refractivity contribution in [1.82, 2.24) is 5.32 Å². The molecule has 1 heterocycles. The van der Waals surface area contributed by atoms with Gasteiger partial charge in [-0.2, -0.15) is 13.2 Å². The van der Waals surface area contributed by atoms with E-state index in [2.05, 4.69) is 10.6 Å². The van der Waals surface area contributed by atoms with E-state index in [1.54, 1.807) is 19.1 Å². The second-order valence-electron chi connectivity index (χ2n) is 8.30. The van der Waals surface area contributed by atoms with Crippen molar-refractivity contribution >= 4 is 17.4 Å². The van der Waals surface area contributed by atoms with Crippen LogP contribution in [-0.2, 0) is 15.8 Å². The largest absolute Gasteiger partial charge is 0.494 e. The number of allylic oxidation sites excluding steroid dienone is 3. The van der Waals surface area contributed by atoms with Crippen LogP contribution in [0.5, 0.6) is 5.75 Å². The van der Waals surface area contributed by atoms with Gasteiger partial charge in [0.1, 0.15) is 5.75 Å². The minimum Gasteiger partial charge on any atom is -0.494 e. The molecule has 2 aliphatic rings. The highest BCUT2D eigenvalue weighted by atomic mass is 19.4. The number of rotatable bonds is 5. The van der Waals surface area contributed by atoms with E-state index in [1.165, 1.54) is 12.1 Å². The monoisotopic (exact) mass is 470 g/mol. The second-order valence-corrected chi connectivity index (χ2v) is 8.30. The van der Waals surface area contributed by atoms with Crippen molar-refractivity contribution < 1.29 is 27.5 Å². The van der Waals surface area contributed by atoms with Crippen LogP contribution in [0, 0.1) is 0 Å². The van der Waals surface area contributed by atoms with Crippen LogP contribution in [0.3, 0.4) is 0 Å². The first-order chi connectivity index (χ1) is 16.2. The average molecular weight is 470 g/mol. The molecule has 2 N–H and O–H groups in total. The van der Waals surface area contributed by atoms with Gasteiger partial charge in [-0.15, -0.1) is 0 Å². The summed E-state index contributed by atoms with van der Waals surface area (Å²) in [6.45, 7) is 4.12. The first-order valence-electron chi connectivity index (χ1n) is 11.1. The molecule has 34 heavy (non-hydrogen) atoms. The third kappa shape index (κ3) is 4.71. The molecule has 0 saturated heterocycles. The minimum absolute atomic E-state index is 0.0281. The van der Waals surface area contributed by atoms with Crippen molar-refractivity contribution in [1.29, 1.82) is 0 Å². The Morgan fingerprint density at radius 2 is 1.88 bits per heavy atom. The van der Waals surface area contributed by atoms with Gasteiger partial charge >= 0.3 is 6.18 Å². The first kappa shape index (κ1) is 23.6. The Labute approximate surface area is 195 Å². The number of hydrogen-bond donors (Lipinski definition) is 2. The topological polar surface area (TPSA) is 67.4 Å². The first-order valence-corrected chi connectivity index (χ1v) is 11.1. The fourth-order valence-electron chi connectivity index (χ4n) is 4.51. The van der Waals surface area contributed by atoms with E-state index in [4.69, 9.17) is 4.74 Å². The molecule has 1 atom stereocenters. The number of amides is 1. The van der Waals surface area contributed by atoms with E-state index in [-0.39, 0.29) is 11.5 Å². The van der Waals surface area contributed by atoms with Crippen molar-refractivity contribution in [3.05, 3.63) is 82.2 Å². The third-order valence-electron chi connectivity index (χ3n) is 5.99. The van der Waals surface area contributed by atoms with Crippen molar-refractivity contribution in [2.45, 2.75) is 45.2 Å². The molecular weight excluding hydrogens is 445 g/mol. The number of Topliss-reactive ketones (excluding diaryl/α,β-unsaturated/α-hetero) is 1. The summed E-state index contributed by atoms with van der Waals surface area (Å²) >= 11 is 0. The maximum absolute atomic E-state index is 13.4. The van der Waals surface area contributed by atoms with E-state index in [0.717, 1.165) is 29.8 Å². The van der Waals surface area contributed by atoms with Gasteiger partial charge in [0.15, 0.2) is 5.78 Å². The number of ketones is 1. The third-order valence-corrected chi connectivity index (χ3v) is 5.99. The lowest BCUT2D eigenvalue weighted by Gasteiger charge is -2.34. The molecule has 2 aromatic carbocycles. The Hall–Kier alpha value is -3.55. The van der Waals surface area contributed by atoms with E-state index in [9.17, 15) is 22.8 Å². The van der Waals surface area contributed by atoms with Gasteiger partial charge in [0.2, 0.25) is 0 Å². The van der Waals surface area contributed by atoms with Crippen LogP contribution in [0.4, 0.5) is 18.9 Å². The zero-order valence-corrected chi connectivity index (χ0v) is 18.9. The van der Waals surface area contributed by atoms with Crippen molar-refractivity contribution in [3.63, 3.8) is 0 Å². The molecule has 0 aromatic heterocycles. The molecule has 0 saturated carbocycles. The summed E-state index contributed by atoms with van der Waals surface area (Å²) in [4.78, 5) is 26.4. The molecule has 5 nitrogen and oxygen atoms in total. The van der Waals surface area contributed by atoms with Crippen molar-refractivity contribution in [2.24, 2.45) is 0 Å². The number of alkyl halides is 3. The molecule has 1 unspecified atom stereocenters. The van der Waals surface area contributed by atoms with Gasteiger partial charge in [-0.05, 0) is 62.6 Å². The van der Waals surface area contributed by atoms with Gasteiger partial charge in [-0.3, -0.25) is 9.59 Å². The van der Waals surface area contributed by atoms with Crippen LogP contribution in [0.25, 0.3) is 0 Å². The average Bonchev–Trinajstić information content (AvgIpc) is 2.78. The normalized spacial score (nSPS) is 18.4. The highest BCUT2D eigenvalue weighted by Crippen LogP contribution is 2.43. The molecule has 1 aliphatic carbocycles. The highest BCUT2D eigenvalue weighted by Gasteiger charge is 2.38. The van der Waals surface area contributed by atoms with Crippen LogP contribution < -0.4 is 15.4 Å². The van der Waals surface area contributed by atoms with E-state index in [1.807, 2.05) is 19.1 Å². The Morgan fingerprint density at radius 3 is 2.56 bits per heavy atom. The van der Waals surface area contributed by atoms with E-state index < -0.39 is 23.6 Å². The van der Waals surface area contributed by atoms with Gasteiger partial charge in [-0.1, -0.05) is 18.2 Å². The number of hydrogen-bond acceptors (Lipinski definition) is 4. The molecule has 0 bridgehead atoms. The smallest absolute Gasteiger partial charge is 0.416 e. The van der Waals surface area contributed by atoms with Gasteiger partial charge in [-0.25, -0.2) is 0 Å². The van der Waals surface area contributed by atoms with Crippen molar-refractivity contribution in [3.8, 4) is 5.75 Å². The Kier molecular flexibility index (Phi) is 6.50. The maximum atomic E-state index is 13.4. The summed E-state index contributed by atoms with van der Waals surface area (Å²) in [7, 11) is 0. The van der Waals surface area contributed by atoms with Crippen LogP contribution in [-0.4, -0.2) is 18.3 Å². The number of benzene rings is 2. The van der Waals surface area contributed by atoms with Gasteiger partial charge in [0.25, 0.3) is 5.91 Å². The lowest BCUT2D eigenvalue weighted by molar-refractivity contribution is -0.137. The molecule has 0 radical (unpaired) electrons. The maximum Gasteiger partial charge on any atom is 0.416 e. The number of ether oxygens (including phenoxy) is 1.